The lowest BCUT2D eigenvalue weighted by atomic mass is 9.94. The Morgan fingerprint density at radius 3 is 2.40 bits per heavy atom. The number of nitrogens with one attached hydrogen (secondary N) is 1. The van der Waals surface area contributed by atoms with Crippen molar-refractivity contribution in [1.29, 1.82) is 0 Å². The van der Waals surface area contributed by atoms with Crippen molar-refractivity contribution in [3.63, 3.8) is 0 Å². The van der Waals surface area contributed by atoms with Crippen molar-refractivity contribution in [2.45, 2.75) is 82.7 Å². The fraction of sp³-hybridized carbons (Fsp3) is 0.562. The van der Waals surface area contributed by atoms with E-state index in [0.29, 0.717) is 36.4 Å². The third-order valence-corrected chi connectivity index (χ3v) is 8.58. The number of halogens is 2. The number of hydrogen-bond donors (Lipinski definition) is 1. The molecule has 1 aromatic carbocycles. The zero-order valence-corrected chi connectivity index (χ0v) is 27.0. The molecule has 6 rings (SSSR count). The molecule has 3 aromatic rings. The number of hydrogen-bond acceptors (Lipinski definition) is 11. The van der Waals surface area contributed by atoms with Gasteiger partial charge in [0.2, 0.25) is 5.95 Å². The molecule has 2 aromatic heterocycles. The van der Waals surface area contributed by atoms with Crippen LogP contribution in [0.5, 0.6) is 0 Å². The summed E-state index contributed by atoms with van der Waals surface area (Å²) >= 11 is 0. The smallest absolute Gasteiger partial charge is 0.407 e. The minimum absolute atomic E-state index is 0.0486. The van der Waals surface area contributed by atoms with E-state index in [1.54, 1.807) is 32.8 Å². The molecule has 13 nitrogen and oxygen atoms in total. The number of carbonyl (C=O) groups excluding carboxylic acids is 2. The maximum atomic E-state index is 14.9. The summed E-state index contributed by atoms with van der Waals surface area (Å²) in [6.45, 7) is 7.31. The van der Waals surface area contributed by atoms with Crippen molar-refractivity contribution < 1.29 is 32.4 Å². The highest BCUT2D eigenvalue weighted by Gasteiger charge is 2.41. The highest BCUT2D eigenvalue weighted by atomic mass is 19.1. The first-order valence-corrected chi connectivity index (χ1v) is 15.9. The maximum Gasteiger partial charge on any atom is 0.407 e. The van der Waals surface area contributed by atoms with Crippen LogP contribution in [0.1, 0.15) is 74.1 Å². The number of piperidine rings is 1. The van der Waals surface area contributed by atoms with Gasteiger partial charge in [0.05, 0.1) is 11.6 Å². The van der Waals surface area contributed by atoms with E-state index < -0.39 is 35.3 Å². The molecular weight excluding hydrogens is 614 g/mol. The van der Waals surface area contributed by atoms with Gasteiger partial charge in [0.1, 0.15) is 23.8 Å². The van der Waals surface area contributed by atoms with Gasteiger partial charge in [-0.1, -0.05) is 5.16 Å². The van der Waals surface area contributed by atoms with Gasteiger partial charge in [-0.25, -0.2) is 23.5 Å². The molecule has 2 saturated heterocycles. The Morgan fingerprint density at radius 2 is 1.74 bits per heavy atom. The van der Waals surface area contributed by atoms with E-state index in [1.165, 1.54) is 12.4 Å². The van der Waals surface area contributed by atoms with Crippen molar-refractivity contribution in [3.8, 4) is 0 Å². The number of anilines is 2. The van der Waals surface area contributed by atoms with E-state index in [-0.39, 0.29) is 43.3 Å². The summed E-state index contributed by atoms with van der Waals surface area (Å²) in [4.78, 5) is 45.7. The molecule has 1 aliphatic carbocycles. The Balaban J connectivity index is 1.14. The minimum atomic E-state index is -0.735. The summed E-state index contributed by atoms with van der Waals surface area (Å²) in [6, 6.07) is 3.35. The second-order valence-electron chi connectivity index (χ2n) is 13.3. The Bertz CT molecular complexity index is 1570. The molecule has 0 bridgehead atoms. The van der Waals surface area contributed by atoms with Crippen LogP contribution in [-0.4, -0.2) is 94.0 Å². The average Bonchev–Trinajstić information content (AvgIpc) is 3.60. The van der Waals surface area contributed by atoms with Gasteiger partial charge in [-0.3, -0.25) is 4.79 Å². The van der Waals surface area contributed by atoms with Crippen molar-refractivity contribution in [3.05, 3.63) is 59.2 Å². The minimum Gasteiger partial charge on any atom is -0.444 e. The summed E-state index contributed by atoms with van der Waals surface area (Å²) in [5, 5.41) is 6.76. The summed E-state index contributed by atoms with van der Waals surface area (Å²) in [6.07, 6.45) is 5.77. The Labute approximate surface area is 271 Å². The van der Waals surface area contributed by atoms with Gasteiger partial charge in [0.25, 0.3) is 5.91 Å². The number of amides is 2. The molecule has 252 valence electrons. The van der Waals surface area contributed by atoms with Crippen LogP contribution >= 0.6 is 0 Å². The number of rotatable bonds is 9. The Kier molecular flexibility index (Phi) is 9.26. The van der Waals surface area contributed by atoms with E-state index in [9.17, 15) is 18.4 Å². The number of aromatic nitrogens is 4. The highest BCUT2D eigenvalue weighted by Crippen LogP contribution is 2.35. The molecule has 3 fully saturated rings. The number of alkyl carbamates (subject to hydrolysis) is 1. The summed E-state index contributed by atoms with van der Waals surface area (Å²) in [5.74, 6) is -1.07. The van der Waals surface area contributed by atoms with Crippen LogP contribution in [0.25, 0.3) is 0 Å². The normalized spacial score (nSPS) is 20.4. The van der Waals surface area contributed by atoms with E-state index >= 15 is 0 Å². The summed E-state index contributed by atoms with van der Waals surface area (Å²) < 4.78 is 45.0. The predicted molar refractivity (Wildman–Crippen MR) is 166 cm³/mol. The van der Waals surface area contributed by atoms with Crippen molar-refractivity contribution >= 4 is 24.0 Å². The second-order valence-corrected chi connectivity index (χ2v) is 13.3. The maximum absolute atomic E-state index is 14.9. The molecule has 1 N–H and O–H groups in total. The van der Waals surface area contributed by atoms with E-state index in [1.807, 2.05) is 9.80 Å². The first kappa shape index (κ1) is 32.5. The van der Waals surface area contributed by atoms with Crippen LogP contribution in [0.3, 0.4) is 0 Å². The average molecular weight is 655 g/mol. The number of ether oxygens (including phenoxy) is 2. The molecule has 2 aliphatic heterocycles. The molecule has 0 spiro atoms. The third-order valence-electron chi connectivity index (χ3n) is 8.58. The van der Waals surface area contributed by atoms with Gasteiger partial charge in [-0.15, -0.1) is 0 Å². The van der Waals surface area contributed by atoms with Crippen LogP contribution in [0, 0.1) is 11.6 Å². The van der Waals surface area contributed by atoms with Gasteiger partial charge >= 0.3 is 12.1 Å². The van der Waals surface area contributed by atoms with E-state index in [0.717, 1.165) is 43.9 Å². The molecule has 15 heteroatoms. The molecule has 3 aliphatic rings. The first-order chi connectivity index (χ1) is 22.5. The van der Waals surface area contributed by atoms with Gasteiger partial charge < -0.3 is 34.0 Å². The lowest BCUT2D eigenvalue weighted by Gasteiger charge is -2.38. The first-order valence-electron chi connectivity index (χ1n) is 15.9. The van der Waals surface area contributed by atoms with Gasteiger partial charge in [0, 0.05) is 63.7 Å². The zero-order chi connectivity index (χ0) is 33.3. The fourth-order valence-electron chi connectivity index (χ4n) is 6.31. The topological polar surface area (TPSA) is 139 Å². The SMILES string of the molecule is COCc1noc(N2CCC(N(C(=O)c3cnc(N4C[C@H](NC(=O)OC(C)(C)C)[C@@H](c5cc(F)ccc5F)C4)nc3)C3CC3)CC2)n1. The van der Waals surface area contributed by atoms with Crippen molar-refractivity contribution in [1.82, 2.24) is 30.3 Å². The lowest BCUT2D eigenvalue weighted by Crippen LogP contribution is -2.48. The summed E-state index contributed by atoms with van der Waals surface area (Å²) in [5.41, 5.74) is -0.221. The van der Waals surface area contributed by atoms with Crippen LogP contribution in [0.2, 0.25) is 0 Å². The largest absolute Gasteiger partial charge is 0.444 e. The molecule has 0 unspecified atom stereocenters. The molecule has 0 radical (unpaired) electrons. The monoisotopic (exact) mass is 654 g/mol. The van der Waals surface area contributed by atoms with Crippen molar-refractivity contribution in [2.24, 2.45) is 0 Å². The molecule has 2 amide bonds. The molecule has 2 atom stereocenters. The molecular formula is C32H40F2N8O5. The van der Waals surface area contributed by atoms with E-state index in [2.05, 4.69) is 25.4 Å². The van der Waals surface area contributed by atoms with Gasteiger partial charge in [-0.05, 0) is 70.2 Å². The highest BCUT2D eigenvalue weighted by molar-refractivity contribution is 5.94. The Morgan fingerprint density at radius 1 is 1.04 bits per heavy atom. The van der Waals surface area contributed by atoms with Crippen LogP contribution in [-0.2, 0) is 16.1 Å². The van der Waals surface area contributed by atoms with Crippen LogP contribution in [0.4, 0.5) is 25.5 Å². The van der Waals surface area contributed by atoms with Crippen LogP contribution < -0.4 is 15.1 Å². The lowest BCUT2D eigenvalue weighted by molar-refractivity contribution is 0.0503. The molecule has 47 heavy (non-hydrogen) atoms. The van der Waals surface area contributed by atoms with Gasteiger partial charge in [0.15, 0.2) is 5.82 Å². The van der Waals surface area contributed by atoms with Crippen molar-refractivity contribution in [2.75, 3.05) is 43.1 Å². The fourth-order valence-corrected chi connectivity index (χ4v) is 6.31. The summed E-state index contributed by atoms with van der Waals surface area (Å²) in [7, 11) is 1.57. The number of nitrogens with zero attached hydrogens (tertiary/aromatic N) is 7. The zero-order valence-electron chi connectivity index (χ0n) is 27.0. The standard InChI is InChI=1S/C32H40F2N8O5/c1-32(2,3)46-31(44)37-26-17-41(16-24(26)23-13-20(33)5-8-25(23)34)29-35-14-19(15-36-29)28(43)42(21-6-7-21)22-9-11-40(12-10-22)30-38-27(18-45-4)39-47-30/h5,8,13-15,21-22,24,26H,6-7,9-12,16-18H2,1-4H3,(H,37,44)/t24-,26+/m1/s1. The Hall–Kier alpha value is -4.40. The molecule has 1 saturated carbocycles. The third kappa shape index (κ3) is 7.61. The number of carbonyl (C=O) groups is 2. The quantitative estimate of drug-likeness (QED) is 0.358. The second kappa shape index (κ2) is 13.4. The number of benzene rings is 1. The van der Waals surface area contributed by atoms with E-state index in [4.69, 9.17) is 14.0 Å². The molecule has 4 heterocycles. The predicted octanol–water partition coefficient (Wildman–Crippen LogP) is 4.05. The van der Waals surface area contributed by atoms with Gasteiger partial charge in [-0.2, -0.15) is 4.98 Å². The van der Waals surface area contributed by atoms with Crippen LogP contribution in [0.15, 0.2) is 35.1 Å². The number of methoxy groups -OCH3 is 1.